The van der Waals surface area contributed by atoms with Gasteiger partial charge >= 0.3 is 23.9 Å². The third kappa shape index (κ3) is 4.53. The predicted molar refractivity (Wildman–Crippen MR) is 103 cm³/mol. The lowest BCUT2D eigenvalue weighted by atomic mass is 10.1. The van der Waals surface area contributed by atoms with Crippen LogP contribution in [0.2, 0.25) is 0 Å². The summed E-state index contributed by atoms with van der Waals surface area (Å²) in [5.41, 5.74) is 0.592. The summed E-state index contributed by atoms with van der Waals surface area (Å²) in [5.74, 6) is -1.64. The highest BCUT2D eigenvalue weighted by Gasteiger charge is 2.51. The van der Waals surface area contributed by atoms with Gasteiger partial charge in [-0.2, -0.15) is 0 Å². The van der Waals surface area contributed by atoms with E-state index in [4.69, 9.17) is 25.5 Å². The number of imidazole rings is 1. The highest BCUT2D eigenvalue weighted by atomic mass is 16.7. The van der Waals surface area contributed by atoms with Crippen molar-refractivity contribution in [3.63, 3.8) is 0 Å². The molecular formula is C18H20N6O7. The number of anilines is 1. The van der Waals surface area contributed by atoms with Crippen LogP contribution in [0, 0.1) is 6.57 Å². The maximum Gasteiger partial charge on any atom is 0.375 e. The molecule has 1 saturated heterocycles. The first-order valence-electron chi connectivity index (χ1n) is 9.18. The van der Waals surface area contributed by atoms with Gasteiger partial charge in [-0.05, 0) is 0 Å². The van der Waals surface area contributed by atoms with Gasteiger partial charge in [-0.3, -0.25) is 19.0 Å². The first kappa shape index (κ1) is 21.9. The van der Waals surface area contributed by atoms with Crippen LogP contribution in [0.4, 0.5) is 11.8 Å². The average molecular weight is 432 g/mol. The topological polar surface area (TPSA) is 148 Å². The summed E-state index contributed by atoms with van der Waals surface area (Å²) in [4.78, 5) is 50.5. The standard InChI is InChI=1S/C18H20N6O7/c1-8(25)28-6-11-13(29-9(2)26)14(30-10(3)27)17(31-11)24-7-21-12-15(19-4)22-18(20-5)23-16(12)24/h7,11,13-14,17H,6H2,1-4H3,(H,19,22,23)/t11-,13-,14-,17?/m1/s1. The number of hydrogen-bond acceptors (Lipinski definition) is 11. The summed E-state index contributed by atoms with van der Waals surface area (Å²) in [6, 6.07) is 0. The van der Waals surface area contributed by atoms with Gasteiger partial charge in [0, 0.05) is 27.8 Å². The molecule has 1 unspecified atom stereocenters. The molecule has 31 heavy (non-hydrogen) atoms. The summed E-state index contributed by atoms with van der Waals surface area (Å²) >= 11 is 0. The molecular weight excluding hydrogens is 412 g/mol. The third-order valence-electron chi connectivity index (χ3n) is 4.36. The Labute approximate surface area is 176 Å². The number of rotatable bonds is 6. The van der Waals surface area contributed by atoms with Crippen LogP contribution < -0.4 is 5.32 Å². The summed E-state index contributed by atoms with van der Waals surface area (Å²) in [5, 5.41) is 2.85. The van der Waals surface area contributed by atoms with Gasteiger partial charge in [0.15, 0.2) is 24.0 Å². The Morgan fingerprint density at radius 2 is 1.84 bits per heavy atom. The normalized spacial score (nSPS) is 22.5. The van der Waals surface area contributed by atoms with Crippen LogP contribution in [0.15, 0.2) is 6.33 Å². The molecule has 2 aromatic heterocycles. The van der Waals surface area contributed by atoms with Gasteiger partial charge < -0.3 is 29.1 Å². The fourth-order valence-electron chi connectivity index (χ4n) is 3.23. The van der Waals surface area contributed by atoms with E-state index in [1.165, 1.54) is 31.7 Å². The van der Waals surface area contributed by atoms with Crippen LogP contribution in [0.5, 0.6) is 0 Å². The van der Waals surface area contributed by atoms with Crippen molar-refractivity contribution in [3.05, 3.63) is 17.7 Å². The summed E-state index contributed by atoms with van der Waals surface area (Å²) in [6.45, 7) is 10.6. The fraction of sp³-hybridized carbons (Fsp3) is 0.500. The lowest BCUT2D eigenvalue weighted by Gasteiger charge is -2.23. The van der Waals surface area contributed by atoms with Crippen molar-refractivity contribution in [2.24, 2.45) is 0 Å². The average Bonchev–Trinajstić information content (AvgIpc) is 3.26. The molecule has 1 aliphatic heterocycles. The van der Waals surface area contributed by atoms with E-state index in [9.17, 15) is 14.4 Å². The van der Waals surface area contributed by atoms with Crippen molar-refractivity contribution < 1.29 is 33.3 Å². The molecule has 0 amide bonds. The van der Waals surface area contributed by atoms with E-state index in [-0.39, 0.29) is 18.2 Å². The zero-order valence-corrected chi connectivity index (χ0v) is 17.2. The van der Waals surface area contributed by atoms with Crippen molar-refractivity contribution in [2.45, 2.75) is 45.3 Å². The first-order valence-corrected chi connectivity index (χ1v) is 9.18. The van der Waals surface area contributed by atoms with Gasteiger partial charge in [-0.1, -0.05) is 0 Å². The van der Waals surface area contributed by atoms with E-state index in [0.717, 1.165) is 0 Å². The van der Waals surface area contributed by atoms with Crippen LogP contribution in [0.25, 0.3) is 16.0 Å². The molecule has 3 rings (SSSR count). The van der Waals surface area contributed by atoms with Crippen LogP contribution in [-0.4, -0.2) is 69.4 Å². The number of nitrogens with zero attached hydrogens (tertiary/aromatic N) is 5. The zero-order chi connectivity index (χ0) is 22.7. The lowest BCUT2D eigenvalue weighted by molar-refractivity contribution is -0.166. The van der Waals surface area contributed by atoms with Crippen molar-refractivity contribution in [2.75, 3.05) is 19.0 Å². The molecule has 2 aromatic rings. The smallest absolute Gasteiger partial charge is 0.375 e. The van der Waals surface area contributed by atoms with E-state index in [2.05, 4.69) is 25.1 Å². The van der Waals surface area contributed by atoms with E-state index >= 15 is 0 Å². The number of carbonyl (C=O) groups excluding carboxylic acids is 3. The third-order valence-corrected chi connectivity index (χ3v) is 4.36. The highest BCUT2D eigenvalue weighted by Crippen LogP contribution is 2.36. The lowest BCUT2D eigenvalue weighted by Crippen LogP contribution is -2.40. The van der Waals surface area contributed by atoms with Crippen LogP contribution in [0.3, 0.4) is 0 Å². The van der Waals surface area contributed by atoms with Gasteiger partial charge in [0.2, 0.25) is 11.5 Å². The van der Waals surface area contributed by atoms with Crippen molar-refractivity contribution in [1.82, 2.24) is 19.5 Å². The summed E-state index contributed by atoms with van der Waals surface area (Å²) in [6.07, 6.45) is -2.73. The molecule has 3 heterocycles. The number of nitrogens with one attached hydrogen (secondary N) is 1. The molecule has 1 N–H and O–H groups in total. The Morgan fingerprint density at radius 1 is 1.16 bits per heavy atom. The van der Waals surface area contributed by atoms with E-state index < -0.39 is 42.4 Å². The maximum atomic E-state index is 11.8. The molecule has 4 atom stereocenters. The minimum absolute atomic E-state index is 0.131. The SMILES string of the molecule is [C-]#[N+]c1nc(NC)c2ncn(C3O[C@H](COC(C)=O)[C@@H](OC(C)=O)[C@H]3OC(C)=O)c2n1. The van der Waals surface area contributed by atoms with Crippen molar-refractivity contribution >= 4 is 40.8 Å². The highest BCUT2D eigenvalue weighted by molar-refractivity contribution is 5.84. The van der Waals surface area contributed by atoms with E-state index in [1.54, 1.807) is 7.05 Å². The van der Waals surface area contributed by atoms with E-state index in [1.807, 2.05) is 0 Å². The largest absolute Gasteiger partial charge is 0.463 e. The second-order valence-corrected chi connectivity index (χ2v) is 6.57. The monoisotopic (exact) mass is 432 g/mol. The molecule has 0 aromatic carbocycles. The molecule has 0 radical (unpaired) electrons. The number of ether oxygens (including phenoxy) is 4. The van der Waals surface area contributed by atoms with Crippen LogP contribution >= 0.6 is 0 Å². The summed E-state index contributed by atoms with van der Waals surface area (Å²) in [7, 11) is 1.62. The van der Waals surface area contributed by atoms with Gasteiger partial charge in [-0.15, -0.1) is 16.5 Å². The predicted octanol–water partition coefficient (Wildman–Crippen LogP) is 0.743. The molecule has 13 nitrogen and oxygen atoms in total. The quantitative estimate of drug-likeness (QED) is 0.391. The first-order chi connectivity index (χ1) is 14.7. The molecule has 13 heteroatoms. The van der Waals surface area contributed by atoms with E-state index in [0.29, 0.717) is 11.3 Å². The Kier molecular flexibility index (Phi) is 6.30. The Hall–Kier alpha value is -3.79. The number of hydrogen-bond donors (Lipinski definition) is 1. The minimum Gasteiger partial charge on any atom is -0.463 e. The number of esters is 3. The van der Waals surface area contributed by atoms with Crippen LogP contribution in [-0.2, 0) is 33.3 Å². The molecule has 164 valence electrons. The van der Waals surface area contributed by atoms with Crippen molar-refractivity contribution in [3.8, 4) is 0 Å². The van der Waals surface area contributed by atoms with Gasteiger partial charge in [0.05, 0.1) is 0 Å². The Morgan fingerprint density at radius 3 is 2.42 bits per heavy atom. The van der Waals surface area contributed by atoms with Gasteiger partial charge in [0.25, 0.3) is 0 Å². The number of aromatic nitrogens is 4. The zero-order valence-electron chi connectivity index (χ0n) is 17.2. The van der Waals surface area contributed by atoms with Gasteiger partial charge in [0.1, 0.15) is 19.0 Å². The Bertz CT molecular complexity index is 1060. The second-order valence-electron chi connectivity index (χ2n) is 6.57. The number of carbonyl (C=O) groups is 3. The molecule has 0 bridgehead atoms. The molecule has 1 fully saturated rings. The van der Waals surface area contributed by atoms with Crippen molar-refractivity contribution in [1.29, 1.82) is 0 Å². The molecule has 1 aliphatic rings. The summed E-state index contributed by atoms with van der Waals surface area (Å²) < 4.78 is 23.2. The molecule has 0 aliphatic carbocycles. The van der Waals surface area contributed by atoms with Gasteiger partial charge in [-0.25, -0.2) is 4.98 Å². The molecule has 0 saturated carbocycles. The maximum absolute atomic E-state index is 11.8. The Balaban J connectivity index is 2.08. The second kappa shape index (κ2) is 8.92. The van der Waals surface area contributed by atoms with Crippen LogP contribution in [0.1, 0.15) is 27.0 Å². The molecule has 0 spiro atoms. The fourth-order valence-corrected chi connectivity index (χ4v) is 3.23. The minimum atomic E-state index is -1.09. The number of fused-ring (bicyclic) bond motifs is 1.